The summed E-state index contributed by atoms with van der Waals surface area (Å²) in [4.78, 5) is 12.5. The number of ether oxygens (including phenoxy) is 1. The highest BCUT2D eigenvalue weighted by molar-refractivity contribution is 7.99. The summed E-state index contributed by atoms with van der Waals surface area (Å²) >= 11 is 1.35. The summed E-state index contributed by atoms with van der Waals surface area (Å²) in [5.74, 6) is 1.01. The maximum atomic E-state index is 12.5. The molecule has 1 amide bonds. The second-order valence-electron chi connectivity index (χ2n) is 8.72. The smallest absolute Gasteiger partial charge is 0.234 e. The maximum Gasteiger partial charge on any atom is 0.234 e. The first kappa shape index (κ1) is 23.9. The molecule has 3 heterocycles. The number of aryl methyl sites for hydroxylation is 2. The van der Waals surface area contributed by atoms with Gasteiger partial charge in [0.05, 0.1) is 18.1 Å². The van der Waals surface area contributed by atoms with Gasteiger partial charge in [-0.2, -0.15) is 5.10 Å². The molecule has 184 valence electrons. The van der Waals surface area contributed by atoms with Crippen molar-refractivity contribution in [3.05, 3.63) is 72.1 Å². The van der Waals surface area contributed by atoms with Gasteiger partial charge in [-0.05, 0) is 62.2 Å². The second kappa shape index (κ2) is 10.4. The Bertz CT molecular complexity index is 1520. The van der Waals surface area contributed by atoms with Gasteiger partial charge in [0, 0.05) is 23.6 Å². The van der Waals surface area contributed by atoms with Crippen LogP contribution in [0.2, 0.25) is 0 Å². The molecule has 5 rings (SSSR count). The van der Waals surface area contributed by atoms with Gasteiger partial charge in [-0.15, -0.1) is 10.2 Å². The lowest BCUT2D eigenvalue weighted by molar-refractivity contribution is -0.113. The number of benzene rings is 2. The van der Waals surface area contributed by atoms with Crippen LogP contribution in [0, 0.1) is 13.8 Å². The fourth-order valence-corrected chi connectivity index (χ4v) is 4.67. The minimum Gasteiger partial charge on any atom is -0.494 e. The Labute approximate surface area is 213 Å². The van der Waals surface area contributed by atoms with E-state index in [1.807, 2.05) is 73.1 Å². The zero-order valence-electron chi connectivity index (χ0n) is 20.6. The molecule has 0 saturated carbocycles. The van der Waals surface area contributed by atoms with Gasteiger partial charge in [-0.3, -0.25) is 9.20 Å². The van der Waals surface area contributed by atoms with E-state index in [4.69, 9.17) is 9.84 Å². The molecule has 9 heteroatoms. The van der Waals surface area contributed by atoms with E-state index in [2.05, 4.69) is 28.5 Å². The number of nitrogens with zero attached hydrogens (tertiary/aromatic N) is 5. The van der Waals surface area contributed by atoms with Crippen molar-refractivity contribution in [2.45, 2.75) is 38.8 Å². The molecule has 0 aliphatic heterocycles. The van der Waals surface area contributed by atoms with Gasteiger partial charge in [0.15, 0.2) is 10.8 Å². The van der Waals surface area contributed by atoms with Crippen molar-refractivity contribution < 1.29 is 9.53 Å². The van der Waals surface area contributed by atoms with Crippen molar-refractivity contribution in [2.75, 3.05) is 17.7 Å². The molecule has 1 N–H and O–H groups in total. The molecule has 5 aromatic rings. The summed E-state index contributed by atoms with van der Waals surface area (Å²) < 4.78 is 9.45. The number of nitrogens with one attached hydrogen (secondary N) is 1. The van der Waals surface area contributed by atoms with Crippen molar-refractivity contribution in [2.24, 2.45) is 0 Å². The number of fused-ring (bicyclic) bond motifs is 3. The van der Waals surface area contributed by atoms with Gasteiger partial charge in [0.25, 0.3) is 0 Å². The molecule has 0 radical (unpaired) electrons. The minimum absolute atomic E-state index is 0.0847. The van der Waals surface area contributed by atoms with E-state index in [0.29, 0.717) is 10.8 Å². The first-order chi connectivity index (χ1) is 17.5. The maximum absolute atomic E-state index is 12.5. The summed E-state index contributed by atoms with van der Waals surface area (Å²) in [6.07, 6.45) is 5.89. The van der Waals surface area contributed by atoms with Gasteiger partial charge in [-0.1, -0.05) is 42.8 Å². The summed E-state index contributed by atoms with van der Waals surface area (Å²) in [5, 5.41) is 17.0. The molecule has 2 aromatic carbocycles. The zero-order valence-corrected chi connectivity index (χ0v) is 21.4. The monoisotopic (exact) mass is 500 g/mol. The summed E-state index contributed by atoms with van der Waals surface area (Å²) in [6, 6.07) is 15.9. The highest BCUT2D eigenvalue weighted by atomic mass is 32.2. The van der Waals surface area contributed by atoms with E-state index in [0.717, 1.165) is 58.8 Å². The Balaban J connectivity index is 1.30. The van der Waals surface area contributed by atoms with Crippen molar-refractivity contribution in [1.29, 1.82) is 0 Å². The fraction of sp³-hybridized carbons (Fsp3) is 0.259. The second-order valence-corrected chi connectivity index (χ2v) is 9.66. The Morgan fingerprint density at radius 2 is 1.89 bits per heavy atom. The summed E-state index contributed by atoms with van der Waals surface area (Å²) in [5.41, 5.74) is 6.40. The standard InChI is InChI=1S/C27H28N6O2S/c1-4-5-14-35-21-9-7-20(8-10-21)23-16-24-26-29-30-27(32(26)12-13-33(24)31-23)36-17-25(34)28-22-11-6-18(2)15-19(22)3/h6-13,15-16H,4-5,14,17H2,1-3H3,(H,28,34). The predicted octanol–water partition coefficient (Wildman–Crippen LogP) is 5.57. The van der Waals surface area contributed by atoms with Crippen LogP contribution in [0.15, 0.2) is 66.1 Å². The van der Waals surface area contributed by atoms with E-state index >= 15 is 0 Å². The molecule has 0 aliphatic rings. The Morgan fingerprint density at radius 1 is 1.06 bits per heavy atom. The van der Waals surface area contributed by atoms with Crippen LogP contribution in [0.4, 0.5) is 5.69 Å². The third kappa shape index (κ3) is 5.06. The number of carbonyl (C=O) groups is 1. The van der Waals surface area contributed by atoms with E-state index in [1.165, 1.54) is 11.8 Å². The molecule has 0 bridgehead atoms. The number of thioether (sulfide) groups is 1. The first-order valence-corrected chi connectivity index (χ1v) is 13.0. The lowest BCUT2D eigenvalue weighted by atomic mass is 10.1. The highest BCUT2D eigenvalue weighted by Gasteiger charge is 2.14. The number of unbranched alkanes of at least 4 members (excludes halogenated alkanes) is 1. The van der Waals surface area contributed by atoms with Gasteiger partial charge in [0.2, 0.25) is 5.91 Å². The van der Waals surface area contributed by atoms with Crippen LogP contribution in [0.5, 0.6) is 5.75 Å². The molecule has 3 aromatic heterocycles. The third-order valence-corrected chi connectivity index (χ3v) is 6.83. The van der Waals surface area contributed by atoms with Crippen LogP contribution in [-0.4, -0.2) is 42.5 Å². The zero-order chi connectivity index (χ0) is 25.1. The quantitative estimate of drug-likeness (QED) is 0.210. The fourth-order valence-electron chi connectivity index (χ4n) is 3.96. The Kier molecular flexibility index (Phi) is 6.90. The van der Waals surface area contributed by atoms with Crippen LogP contribution in [0.1, 0.15) is 30.9 Å². The average molecular weight is 501 g/mol. The van der Waals surface area contributed by atoms with E-state index in [9.17, 15) is 4.79 Å². The molecule has 0 saturated heterocycles. The molecule has 0 aliphatic carbocycles. The van der Waals surface area contributed by atoms with Crippen molar-refractivity contribution >= 4 is 34.5 Å². The van der Waals surface area contributed by atoms with Crippen LogP contribution < -0.4 is 10.1 Å². The van der Waals surface area contributed by atoms with Crippen LogP contribution in [0.3, 0.4) is 0 Å². The van der Waals surface area contributed by atoms with Crippen molar-refractivity contribution in [1.82, 2.24) is 24.2 Å². The van der Waals surface area contributed by atoms with Crippen LogP contribution >= 0.6 is 11.8 Å². The van der Waals surface area contributed by atoms with E-state index in [1.54, 1.807) is 4.52 Å². The van der Waals surface area contributed by atoms with Gasteiger partial charge >= 0.3 is 0 Å². The number of hydrogen-bond acceptors (Lipinski definition) is 6. The molecular formula is C27H28N6O2S. The summed E-state index contributed by atoms with van der Waals surface area (Å²) in [6.45, 7) is 6.89. The first-order valence-electron chi connectivity index (χ1n) is 12.0. The van der Waals surface area contributed by atoms with E-state index < -0.39 is 0 Å². The predicted molar refractivity (Wildman–Crippen MR) is 143 cm³/mol. The lowest BCUT2D eigenvalue weighted by Gasteiger charge is -2.08. The number of hydrogen-bond donors (Lipinski definition) is 1. The van der Waals surface area contributed by atoms with Crippen LogP contribution in [0.25, 0.3) is 22.4 Å². The minimum atomic E-state index is -0.0847. The van der Waals surface area contributed by atoms with Gasteiger partial charge in [0.1, 0.15) is 11.3 Å². The molecule has 0 spiro atoms. The molecule has 0 unspecified atom stereocenters. The topological polar surface area (TPSA) is 85.8 Å². The largest absolute Gasteiger partial charge is 0.494 e. The van der Waals surface area contributed by atoms with Crippen LogP contribution in [-0.2, 0) is 4.79 Å². The number of amides is 1. The molecule has 0 fully saturated rings. The Morgan fingerprint density at radius 3 is 2.67 bits per heavy atom. The van der Waals surface area contributed by atoms with Crippen molar-refractivity contribution in [3.63, 3.8) is 0 Å². The highest BCUT2D eigenvalue weighted by Crippen LogP contribution is 2.26. The molecule has 0 atom stereocenters. The number of anilines is 1. The number of carbonyl (C=O) groups excluding carboxylic acids is 1. The Hall–Kier alpha value is -3.85. The van der Waals surface area contributed by atoms with Gasteiger partial charge in [-0.25, -0.2) is 4.52 Å². The number of rotatable bonds is 9. The summed E-state index contributed by atoms with van der Waals surface area (Å²) in [7, 11) is 0. The normalized spacial score (nSPS) is 11.3. The third-order valence-electron chi connectivity index (χ3n) is 5.89. The lowest BCUT2D eigenvalue weighted by Crippen LogP contribution is -2.15. The van der Waals surface area contributed by atoms with E-state index in [-0.39, 0.29) is 11.7 Å². The molecular weight excluding hydrogens is 472 g/mol. The molecule has 8 nitrogen and oxygen atoms in total. The van der Waals surface area contributed by atoms with Gasteiger partial charge < -0.3 is 10.1 Å². The SMILES string of the molecule is CCCCOc1ccc(-c2cc3c4nnc(SCC(=O)Nc5ccc(C)cc5C)n4ccn3n2)cc1. The van der Waals surface area contributed by atoms with Crippen molar-refractivity contribution in [3.8, 4) is 17.0 Å². The number of aromatic nitrogens is 5. The molecule has 36 heavy (non-hydrogen) atoms. The average Bonchev–Trinajstić information content (AvgIpc) is 3.49.